The highest BCUT2D eigenvalue weighted by Crippen LogP contribution is 2.32. The second-order valence-electron chi connectivity index (χ2n) is 4.06. The van der Waals surface area contributed by atoms with Crippen LogP contribution in [0.2, 0.25) is 5.02 Å². The Hall–Kier alpha value is -0.420. The van der Waals surface area contributed by atoms with E-state index in [-0.39, 0.29) is 11.9 Å². The molecule has 0 aliphatic heterocycles. The highest BCUT2D eigenvalue weighted by Gasteiger charge is 2.18. The molecule has 2 aromatic rings. The number of rotatable bonds is 3. The van der Waals surface area contributed by atoms with Gasteiger partial charge in [-0.3, -0.25) is 0 Å². The fourth-order valence-electron chi connectivity index (χ4n) is 1.95. The van der Waals surface area contributed by atoms with Crippen LogP contribution >= 0.6 is 43.5 Å². The van der Waals surface area contributed by atoms with Crippen LogP contribution in [0.1, 0.15) is 17.2 Å². The molecule has 0 fully saturated rings. The summed E-state index contributed by atoms with van der Waals surface area (Å²) in [7, 11) is 1.79. The van der Waals surface area contributed by atoms with E-state index in [2.05, 4.69) is 37.2 Å². The molecule has 0 bridgehead atoms. The van der Waals surface area contributed by atoms with Crippen molar-refractivity contribution < 1.29 is 4.39 Å². The van der Waals surface area contributed by atoms with E-state index in [0.717, 1.165) is 10.0 Å². The van der Waals surface area contributed by atoms with Crippen molar-refractivity contribution in [2.75, 3.05) is 7.05 Å². The molecule has 1 atom stereocenters. The summed E-state index contributed by atoms with van der Waals surface area (Å²) in [4.78, 5) is 0. The van der Waals surface area contributed by atoms with E-state index in [0.29, 0.717) is 15.1 Å². The minimum Gasteiger partial charge on any atom is -0.309 e. The summed E-state index contributed by atoms with van der Waals surface area (Å²) in [6, 6.07) is 10.5. The summed E-state index contributed by atoms with van der Waals surface area (Å²) < 4.78 is 15.6. The molecule has 2 rings (SSSR count). The molecule has 0 aromatic heterocycles. The lowest BCUT2D eigenvalue weighted by Crippen LogP contribution is -2.19. The summed E-state index contributed by atoms with van der Waals surface area (Å²) in [6.45, 7) is 0. The topological polar surface area (TPSA) is 12.0 Å². The molecule has 1 unspecified atom stereocenters. The third kappa shape index (κ3) is 3.37. The van der Waals surface area contributed by atoms with Gasteiger partial charge in [0.15, 0.2) is 0 Å². The quantitative estimate of drug-likeness (QED) is 0.680. The van der Waals surface area contributed by atoms with E-state index >= 15 is 0 Å². The van der Waals surface area contributed by atoms with E-state index in [4.69, 9.17) is 11.6 Å². The zero-order valence-electron chi connectivity index (χ0n) is 10.1. The summed E-state index contributed by atoms with van der Waals surface area (Å²) in [6.07, 6.45) is 0. The van der Waals surface area contributed by atoms with Crippen molar-refractivity contribution in [3.05, 3.63) is 67.3 Å². The number of halogens is 4. The van der Waals surface area contributed by atoms with E-state index in [9.17, 15) is 4.39 Å². The van der Waals surface area contributed by atoms with Gasteiger partial charge in [-0.2, -0.15) is 0 Å². The van der Waals surface area contributed by atoms with Crippen LogP contribution in [-0.4, -0.2) is 7.05 Å². The highest BCUT2D eigenvalue weighted by atomic mass is 79.9. The molecule has 0 aliphatic rings. The van der Waals surface area contributed by atoms with Crippen molar-refractivity contribution in [1.29, 1.82) is 0 Å². The lowest BCUT2D eigenvalue weighted by atomic mass is 9.98. The molecule has 0 aliphatic carbocycles. The first-order valence-electron chi connectivity index (χ1n) is 5.60. The number of nitrogens with one attached hydrogen (secondary N) is 1. The third-order valence-corrected chi connectivity index (χ3v) is 4.51. The summed E-state index contributed by atoms with van der Waals surface area (Å²) >= 11 is 12.7. The first-order chi connectivity index (χ1) is 9.02. The molecule has 0 saturated carbocycles. The van der Waals surface area contributed by atoms with Crippen molar-refractivity contribution in [2.24, 2.45) is 0 Å². The third-order valence-electron chi connectivity index (χ3n) is 2.82. The van der Waals surface area contributed by atoms with Crippen LogP contribution < -0.4 is 5.32 Å². The molecule has 100 valence electrons. The Balaban J connectivity index is 2.51. The second kappa shape index (κ2) is 6.35. The van der Waals surface area contributed by atoms with Gasteiger partial charge in [-0.05, 0) is 52.8 Å². The Bertz CT molecular complexity index is 604. The Morgan fingerprint density at radius 1 is 1.21 bits per heavy atom. The molecule has 5 heteroatoms. The second-order valence-corrected chi connectivity index (χ2v) is 6.24. The predicted molar refractivity (Wildman–Crippen MR) is 84.2 cm³/mol. The molecule has 0 radical (unpaired) electrons. The Morgan fingerprint density at radius 2 is 1.95 bits per heavy atom. The van der Waals surface area contributed by atoms with Gasteiger partial charge in [-0.1, -0.05) is 39.7 Å². The molecule has 19 heavy (non-hydrogen) atoms. The zero-order valence-corrected chi connectivity index (χ0v) is 14.0. The Labute approximate surface area is 133 Å². The monoisotopic (exact) mass is 405 g/mol. The SMILES string of the molecule is CNC(c1cccc(Br)c1)c1cc(Cl)c(Br)cc1F. The highest BCUT2D eigenvalue weighted by molar-refractivity contribution is 9.10. The number of hydrogen-bond donors (Lipinski definition) is 1. The fourth-order valence-corrected chi connectivity index (χ4v) is 2.85. The van der Waals surface area contributed by atoms with Crippen molar-refractivity contribution in [2.45, 2.75) is 6.04 Å². The number of benzene rings is 2. The van der Waals surface area contributed by atoms with Gasteiger partial charge in [-0.25, -0.2) is 4.39 Å². The van der Waals surface area contributed by atoms with Crippen LogP contribution in [-0.2, 0) is 0 Å². The minimum absolute atomic E-state index is 0.247. The van der Waals surface area contributed by atoms with Gasteiger partial charge in [0, 0.05) is 14.5 Å². The first kappa shape index (κ1) is 15.0. The molecule has 0 saturated heterocycles. The smallest absolute Gasteiger partial charge is 0.129 e. The van der Waals surface area contributed by atoms with Gasteiger partial charge in [0.25, 0.3) is 0 Å². The minimum atomic E-state index is -0.296. The van der Waals surface area contributed by atoms with Gasteiger partial charge < -0.3 is 5.32 Å². The van der Waals surface area contributed by atoms with E-state index in [1.165, 1.54) is 6.07 Å². The van der Waals surface area contributed by atoms with Gasteiger partial charge in [0.1, 0.15) is 5.82 Å². The fraction of sp³-hybridized carbons (Fsp3) is 0.143. The normalized spacial score (nSPS) is 12.5. The molecule has 0 amide bonds. The number of hydrogen-bond acceptors (Lipinski definition) is 1. The summed E-state index contributed by atoms with van der Waals surface area (Å²) in [5.41, 5.74) is 1.49. The van der Waals surface area contributed by atoms with Gasteiger partial charge in [-0.15, -0.1) is 0 Å². The molecule has 2 aromatic carbocycles. The molecule has 0 spiro atoms. The zero-order chi connectivity index (χ0) is 14.0. The molecular weight excluding hydrogens is 396 g/mol. The maximum atomic E-state index is 14.1. The van der Waals surface area contributed by atoms with Crippen molar-refractivity contribution in [3.63, 3.8) is 0 Å². The van der Waals surface area contributed by atoms with E-state index in [1.807, 2.05) is 24.3 Å². The van der Waals surface area contributed by atoms with Crippen LogP contribution in [0.5, 0.6) is 0 Å². The average Bonchev–Trinajstić information content (AvgIpc) is 2.36. The van der Waals surface area contributed by atoms with Crippen molar-refractivity contribution in [3.8, 4) is 0 Å². The van der Waals surface area contributed by atoms with Crippen molar-refractivity contribution >= 4 is 43.5 Å². The molecular formula is C14H11Br2ClFN. The predicted octanol–water partition coefficient (Wildman–Crippen LogP) is 5.31. The van der Waals surface area contributed by atoms with Gasteiger partial charge in [0.2, 0.25) is 0 Å². The largest absolute Gasteiger partial charge is 0.309 e. The van der Waals surface area contributed by atoms with Gasteiger partial charge in [0.05, 0.1) is 11.1 Å². The van der Waals surface area contributed by atoms with Gasteiger partial charge >= 0.3 is 0 Å². The lowest BCUT2D eigenvalue weighted by molar-refractivity contribution is 0.575. The van der Waals surface area contributed by atoms with E-state index < -0.39 is 0 Å². The lowest BCUT2D eigenvalue weighted by Gasteiger charge is -2.19. The van der Waals surface area contributed by atoms with Crippen LogP contribution in [0.25, 0.3) is 0 Å². The Morgan fingerprint density at radius 3 is 2.58 bits per heavy atom. The maximum Gasteiger partial charge on any atom is 0.129 e. The average molecular weight is 408 g/mol. The van der Waals surface area contributed by atoms with E-state index in [1.54, 1.807) is 13.1 Å². The molecule has 1 nitrogen and oxygen atoms in total. The van der Waals surface area contributed by atoms with Crippen LogP contribution in [0.3, 0.4) is 0 Å². The standard InChI is InChI=1S/C14H11Br2ClFN/c1-19-14(8-3-2-4-9(15)5-8)10-6-12(17)11(16)7-13(10)18/h2-7,14,19H,1H3. The summed E-state index contributed by atoms with van der Waals surface area (Å²) in [5, 5.41) is 3.61. The van der Waals surface area contributed by atoms with Crippen LogP contribution in [0, 0.1) is 5.82 Å². The molecule has 0 heterocycles. The van der Waals surface area contributed by atoms with Crippen LogP contribution in [0.15, 0.2) is 45.3 Å². The summed E-state index contributed by atoms with van der Waals surface area (Å²) in [5.74, 6) is -0.296. The van der Waals surface area contributed by atoms with Crippen LogP contribution in [0.4, 0.5) is 4.39 Å². The maximum absolute atomic E-state index is 14.1. The Kier molecular flexibility index (Phi) is 5.01. The van der Waals surface area contributed by atoms with Crippen molar-refractivity contribution in [1.82, 2.24) is 5.32 Å². The first-order valence-corrected chi connectivity index (χ1v) is 7.56. The molecule has 1 N–H and O–H groups in total.